The van der Waals surface area contributed by atoms with Gasteiger partial charge in [-0.15, -0.1) is 11.3 Å². The van der Waals surface area contributed by atoms with E-state index >= 15 is 0 Å². The van der Waals surface area contributed by atoms with E-state index in [1.165, 1.54) is 54.8 Å². The third-order valence-electron chi connectivity index (χ3n) is 6.67. The highest BCUT2D eigenvalue weighted by Crippen LogP contribution is 2.33. The van der Waals surface area contributed by atoms with Crippen LogP contribution in [0.2, 0.25) is 0 Å². The third-order valence-corrected chi connectivity index (χ3v) is 7.94. The van der Waals surface area contributed by atoms with Gasteiger partial charge in [-0.3, -0.25) is 4.79 Å². The molecule has 2 aromatic rings. The predicted molar refractivity (Wildman–Crippen MR) is 123 cm³/mol. The Balaban J connectivity index is 1.40. The molecule has 2 aliphatic rings. The quantitative estimate of drug-likeness (QED) is 0.639. The predicted octanol–water partition coefficient (Wildman–Crippen LogP) is 5.77. The van der Waals surface area contributed by atoms with Crippen LogP contribution in [-0.2, 0) is 6.42 Å². The molecule has 29 heavy (non-hydrogen) atoms. The van der Waals surface area contributed by atoms with Gasteiger partial charge in [-0.05, 0) is 74.9 Å². The summed E-state index contributed by atoms with van der Waals surface area (Å²) in [6.07, 6.45) is 8.76. The second-order valence-corrected chi connectivity index (χ2v) is 9.70. The van der Waals surface area contributed by atoms with Crippen molar-refractivity contribution in [2.24, 2.45) is 0 Å². The summed E-state index contributed by atoms with van der Waals surface area (Å²) in [6.45, 7) is 8.57. The van der Waals surface area contributed by atoms with E-state index in [1.54, 1.807) is 11.3 Å². The molecule has 0 spiro atoms. The van der Waals surface area contributed by atoms with Crippen molar-refractivity contribution < 1.29 is 4.79 Å². The van der Waals surface area contributed by atoms with E-state index in [4.69, 9.17) is 0 Å². The molecule has 4 rings (SSSR count). The number of aryl methyl sites for hydroxylation is 2. The Kier molecular flexibility index (Phi) is 6.71. The number of amides is 1. The Morgan fingerprint density at radius 3 is 2.28 bits per heavy atom. The highest BCUT2D eigenvalue weighted by molar-refractivity contribution is 7.17. The van der Waals surface area contributed by atoms with Crippen LogP contribution in [0.1, 0.15) is 66.2 Å². The topological polar surface area (TPSA) is 23.6 Å². The number of carbonyl (C=O) groups is 1. The average molecular weight is 411 g/mol. The summed E-state index contributed by atoms with van der Waals surface area (Å²) < 4.78 is 0. The highest BCUT2D eigenvalue weighted by Gasteiger charge is 2.29. The first-order valence-electron chi connectivity index (χ1n) is 11.4. The van der Waals surface area contributed by atoms with Crippen molar-refractivity contribution in [3.05, 3.63) is 46.3 Å². The van der Waals surface area contributed by atoms with Crippen molar-refractivity contribution in [2.75, 3.05) is 26.2 Å². The molecule has 1 aromatic heterocycles. The fourth-order valence-corrected chi connectivity index (χ4v) is 5.93. The van der Waals surface area contributed by atoms with Gasteiger partial charge in [0.15, 0.2) is 0 Å². The molecular formula is C25H34N2OS. The Labute approximate surface area is 179 Å². The van der Waals surface area contributed by atoms with Crippen molar-refractivity contribution in [1.29, 1.82) is 0 Å². The van der Waals surface area contributed by atoms with Crippen LogP contribution in [-0.4, -0.2) is 47.9 Å². The van der Waals surface area contributed by atoms with E-state index in [0.29, 0.717) is 6.04 Å². The van der Waals surface area contributed by atoms with Crippen LogP contribution in [0.3, 0.4) is 0 Å². The normalized spacial score (nSPS) is 19.3. The van der Waals surface area contributed by atoms with Crippen LogP contribution < -0.4 is 0 Å². The van der Waals surface area contributed by atoms with Crippen molar-refractivity contribution >= 4 is 17.2 Å². The number of hydrogen-bond acceptors (Lipinski definition) is 3. The minimum atomic E-state index is 0.234. The maximum absolute atomic E-state index is 13.2. The van der Waals surface area contributed by atoms with Crippen LogP contribution in [0.15, 0.2) is 30.3 Å². The number of piperidine rings is 1. The van der Waals surface area contributed by atoms with Crippen LogP contribution >= 0.6 is 11.3 Å². The Hall–Kier alpha value is -1.65. The lowest BCUT2D eigenvalue weighted by atomic mass is 10.0. The molecule has 1 amide bonds. The molecule has 3 heterocycles. The monoisotopic (exact) mass is 410 g/mol. The molecule has 0 N–H and O–H groups in total. The Bertz CT molecular complexity index is 810. The fraction of sp³-hybridized carbons (Fsp3) is 0.560. The third kappa shape index (κ3) is 4.75. The van der Waals surface area contributed by atoms with E-state index < -0.39 is 0 Å². The van der Waals surface area contributed by atoms with E-state index in [2.05, 4.69) is 54.0 Å². The molecule has 2 aliphatic heterocycles. The van der Waals surface area contributed by atoms with Gasteiger partial charge in [0.2, 0.25) is 0 Å². The van der Waals surface area contributed by atoms with Gasteiger partial charge in [0.05, 0.1) is 4.88 Å². The summed E-state index contributed by atoms with van der Waals surface area (Å²) in [4.78, 5) is 20.1. The molecule has 4 heteroatoms. The number of rotatable bonds is 4. The van der Waals surface area contributed by atoms with Gasteiger partial charge in [-0.25, -0.2) is 0 Å². The molecule has 2 saturated heterocycles. The lowest BCUT2D eigenvalue weighted by Crippen LogP contribution is -2.47. The maximum atomic E-state index is 13.2. The zero-order chi connectivity index (χ0) is 20.2. The van der Waals surface area contributed by atoms with Crippen molar-refractivity contribution in [1.82, 2.24) is 9.80 Å². The van der Waals surface area contributed by atoms with Crippen molar-refractivity contribution in [2.45, 2.75) is 64.8 Å². The standard InChI is InChI=1S/C25H34N2OS/c1-3-20-8-10-21(11-9-20)23-18-19(2)24(29-23)25(28)27-16-12-22(13-17-27)26-14-6-4-5-7-15-26/h8-11,18,22H,3-7,12-17H2,1-2H3. The van der Waals surface area contributed by atoms with Crippen LogP contribution in [0.4, 0.5) is 0 Å². The van der Waals surface area contributed by atoms with E-state index in [-0.39, 0.29) is 5.91 Å². The molecule has 156 valence electrons. The summed E-state index contributed by atoms with van der Waals surface area (Å²) in [7, 11) is 0. The zero-order valence-corrected chi connectivity index (χ0v) is 18.8. The smallest absolute Gasteiger partial charge is 0.264 e. The Morgan fingerprint density at radius 2 is 1.66 bits per heavy atom. The molecule has 0 saturated carbocycles. The summed E-state index contributed by atoms with van der Waals surface area (Å²) in [5.74, 6) is 0.234. The van der Waals surface area contributed by atoms with Gasteiger partial charge in [-0.1, -0.05) is 44.0 Å². The lowest BCUT2D eigenvalue weighted by Gasteiger charge is -2.38. The minimum Gasteiger partial charge on any atom is -0.338 e. The number of hydrogen-bond donors (Lipinski definition) is 0. The second-order valence-electron chi connectivity index (χ2n) is 8.65. The molecule has 2 fully saturated rings. The maximum Gasteiger partial charge on any atom is 0.264 e. The fourth-order valence-electron chi connectivity index (χ4n) is 4.78. The Morgan fingerprint density at radius 1 is 1.00 bits per heavy atom. The molecule has 0 atom stereocenters. The number of thiophene rings is 1. The van der Waals surface area contributed by atoms with E-state index in [0.717, 1.165) is 42.8 Å². The molecule has 1 aromatic carbocycles. The number of nitrogens with zero attached hydrogens (tertiary/aromatic N) is 2. The first-order chi connectivity index (χ1) is 14.2. The second kappa shape index (κ2) is 9.44. The van der Waals surface area contributed by atoms with Gasteiger partial charge in [0.1, 0.15) is 0 Å². The van der Waals surface area contributed by atoms with Crippen molar-refractivity contribution in [3.8, 4) is 10.4 Å². The van der Waals surface area contributed by atoms with Gasteiger partial charge in [0, 0.05) is 24.0 Å². The molecule has 0 bridgehead atoms. The van der Waals surface area contributed by atoms with Crippen LogP contribution in [0.25, 0.3) is 10.4 Å². The minimum absolute atomic E-state index is 0.234. The summed E-state index contributed by atoms with van der Waals surface area (Å²) >= 11 is 1.66. The summed E-state index contributed by atoms with van der Waals surface area (Å²) in [5, 5.41) is 0. The SMILES string of the molecule is CCc1ccc(-c2cc(C)c(C(=O)N3CCC(N4CCCCCC4)CC3)s2)cc1. The molecule has 0 aliphatic carbocycles. The van der Waals surface area contributed by atoms with Gasteiger partial charge in [0.25, 0.3) is 5.91 Å². The largest absolute Gasteiger partial charge is 0.338 e. The highest BCUT2D eigenvalue weighted by atomic mass is 32.1. The first kappa shape index (κ1) is 20.6. The first-order valence-corrected chi connectivity index (χ1v) is 12.2. The van der Waals surface area contributed by atoms with Crippen LogP contribution in [0, 0.1) is 6.92 Å². The number of carbonyl (C=O) groups excluding carboxylic acids is 1. The lowest BCUT2D eigenvalue weighted by molar-refractivity contribution is 0.0627. The molecule has 3 nitrogen and oxygen atoms in total. The average Bonchev–Trinajstić information content (AvgIpc) is 2.97. The molecule has 0 radical (unpaired) electrons. The van der Waals surface area contributed by atoms with E-state index in [1.807, 2.05) is 0 Å². The van der Waals surface area contributed by atoms with Gasteiger partial charge in [-0.2, -0.15) is 0 Å². The van der Waals surface area contributed by atoms with Gasteiger partial charge >= 0.3 is 0 Å². The number of benzene rings is 1. The summed E-state index contributed by atoms with van der Waals surface area (Å²) in [6, 6.07) is 11.6. The summed E-state index contributed by atoms with van der Waals surface area (Å²) in [5.41, 5.74) is 3.68. The molecule has 0 unspecified atom stereocenters. The van der Waals surface area contributed by atoms with Crippen LogP contribution in [0.5, 0.6) is 0 Å². The van der Waals surface area contributed by atoms with Gasteiger partial charge < -0.3 is 9.80 Å². The zero-order valence-electron chi connectivity index (χ0n) is 18.0. The molecular weight excluding hydrogens is 376 g/mol. The van der Waals surface area contributed by atoms with E-state index in [9.17, 15) is 4.79 Å². The van der Waals surface area contributed by atoms with Crippen molar-refractivity contribution in [3.63, 3.8) is 0 Å². The number of likely N-dealkylation sites (tertiary alicyclic amines) is 2.